The number of rotatable bonds is 72. The van der Waals surface area contributed by atoms with Crippen LogP contribution in [-0.4, -0.2) is 96.7 Å². The van der Waals surface area contributed by atoms with E-state index in [0.717, 1.165) is 115 Å². The lowest BCUT2D eigenvalue weighted by atomic mass is 10.0. The molecule has 0 amide bonds. The number of ether oxygens (including phenoxy) is 4. The van der Waals surface area contributed by atoms with Crippen molar-refractivity contribution in [2.24, 2.45) is 11.8 Å². The number of aliphatic hydroxyl groups excluding tert-OH is 1. The van der Waals surface area contributed by atoms with E-state index in [1.807, 2.05) is 0 Å². The van der Waals surface area contributed by atoms with E-state index in [9.17, 15) is 43.2 Å². The van der Waals surface area contributed by atoms with Gasteiger partial charge in [0.05, 0.1) is 26.4 Å². The van der Waals surface area contributed by atoms with Crippen LogP contribution in [0.25, 0.3) is 0 Å². The highest BCUT2D eigenvalue weighted by Gasteiger charge is 2.30. The zero-order valence-corrected chi connectivity index (χ0v) is 61.6. The lowest BCUT2D eigenvalue weighted by Crippen LogP contribution is -2.30. The van der Waals surface area contributed by atoms with Crippen LogP contribution >= 0.6 is 15.6 Å². The second kappa shape index (κ2) is 65.0. The molecule has 0 rings (SSSR count). The molecule has 3 N–H and O–H groups in total. The van der Waals surface area contributed by atoms with Crippen molar-refractivity contribution in [3.8, 4) is 0 Å². The van der Waals surface area contributed by atoms with Gasteiger partial charge in [0.2, 0.25) is 0 Å². The number of phosphoric ester groups is 2. The molecule has 0 aliphatic rings. The van der Waals surface area contributed by atoms with E-state index >= 15 is 0 Å². The van der Waals surface area contributed by atoms with Gasteiger partial charge < -0.3 is 33.8 Å². The monoisotopic (exact) mass is 1350 g/mol. The molecule has 0 aromatic heterocycles. The first-order valence-corrected chi connectivity index (χ1v) is 41.0. The van der Waals surface area contributed by atoms with E-state index in [2.05, 4.69) is 41.5 Å². The highest BCUT2D eigenvalue weighted by atomic mass is 31.2. The van der Waals surface area contributed by atoms with Gasteiger partial charge in [-0.1, -0.05) is 324 Å². The number of hydrogen-bond acceptors (Lipinski definition) is 15. The van der Waals surface area contributed by atoms with Crippen LogP contribution in [0, 0.1) is 11.8 Å². The molecule has 17 nitrogen and oxygen atoms in total. The molecule has 0 saturated heterocycles. The molecule has 0 aliphatic heterocycles. The van der Waals surface area contributed by atoms with Gasteiger partial charge in [-0.3, -0.25) is 37.3 Å². The lowest BCUT2D eigenvalue weighted by Gasteiger charge is -2.21. The van der Waals surface area contributed by atoms with E-state index < -0.39 is 97.5 Å². The summed E-state index contributed by atoms with van der Waals surface area (Å²) >= 11 is 0. The average Bonchev–Trinajstić information content (AvgIpc) is 2.55. The second-order valence-corrected chi connectivity index (χ2v) is 30.2. The van der Waals surface area contributed by atoms with Gasteiger partial charge in [0.1, 0.15) is 19.3 Å². The molecular weight excluding hydrogens is 1210 g/mol. The largest absolute Gasteiger partial charge is 0.472 e. The fourth-order valence-corrected chi connectivity index (χ4v) is 12.7. The Balaban J connectivity index is 5.14. The van der Waals surface area contributed by atoms with Crippen molar-refractivity contribution in [2.45, 2.75) is 394 Å². The van der Waals surface area contributed by atoms with Gasteiger partial charge in [-0.05, 0) is 37.5 Å². The van der Waals surface area contributed by atoms with Gasteiger partial charge in [0.25, 0.3) is 0 Å². The summed E-state index contributed by atoms with van der Waals surface area (Å²) in [6, 6.07) is 0. The quantitative estimate of drug-likeness (QED) is 0.0222. The first-order valence-electron chi connectivity index (χ1n) is 38.0. The zero-order valence-electron chi connectivity index (χ0n) is 59.9. The molecule has 0 fully saturated rings. The van der Waals surface area contributed by atoms with E-state index in [0.29, 0.717) is 25.7 Å². The first kappa shape index (κ1) is 90.1. The maximum absolute atomic E-state index is 13.1. The smallest absolute Gasteiger partial charge is 0.462 e. The Labute approximate surface area is 562 Å². The van der Waals surface area contributed by atoms with Crippen molar-refractivity contribution in [3.05, 3.63) is 0 Å². The first-order chi connectivity index (χ1) is 44.4. The fraction of sp³-hybridized carbons (Fsp3) is 0.945. The third-order valence-electron chi connectivity index (χ3n) is 17.0. The summed E-state index contributed by atoms with van der Waals surface area (Å²) in [5.41, 5.74) is 0. The SMILES string of the molecule is CCCCCCCCCCCC(=O)O[C@H](COC(=O)CCCCCCCCC)COP(=O)(O)OC[C@H](O)COP(=O)(O)OC[C@@H](COC(=O)CCCCCCCCCCCCCCC(C)C)OC(=O)CCCCCCCCCCCCCCCCCCCCC(C)C. The highest BCUT2D eigenvalue weighted by molar-refractivity contribution is 7.47. The molecule has 0 bridgehead atoms. The highest BCUT2D eigenvalue weighted by Crippen LogP contribution is 2.45. The topological polar surface area (TPSA) is 237 Å². The van der Waals surface area contributed by atoms with Crippen LogP contribution in [0.1, 0.15) is 375 Å². The summed E-state index contributed by atoms with van der Waals surface area (Å²) in [5, 5.41) is 10.6. The Morgan fingerprint density at radius 3 is 0.739 bits per heavy atom. The third-order valence-corrected chi connectivity index (χ3v) is 18.9. The Hall–Kier alpha value is -1.94. The summed E-state index contributed by atoms with van der Waals surface area (Å²) in [5.74, 6) is -0.524. The molecule has 0 radical (unpaired) electrons. The van der Waals surface area contributed by atoms with E-state index in [-0.39, 0.29) is 25.7 Å². The number of aliphatic hydroxyl groups is 1. The molecule has 546 valence electrons. The maximum atomic E-state index is 13.1. The number of hydrogen-bond donors (Lipinski definition) is 3. The summed E-state index contributed by atoms with van der Waals surface area (Å²) in [4.78, 5) is 72.4. The van der Waals surface area contributed by atoms with Crippen LogP contribution in [0.3, 0.4) is 0 Å². The van der Waals surface area contributed by atoms with Crippen molar-refractivity contribution >= 4 is 39.5 Å². The van der Waals surface area contributed by atoms with Crippen LogP contribution in [0.5, 0.6) is 0 Å². The van der Waals surface area contributed by atoms with Crippen LogP contribution in [0.2, 0.25) is 0 Å². The molecule has 19 heteroatoms. The predicted octanol–water partition coefficient (Wildman–Crippen LogP) is 21.2. The number of unbranched alkanes of at least 4 members (excludes halogenated alkanes) is 42. The molecule has 92 heavy (non-hydrogen) atoms. The van der Waals surface area contributed by atoms with Gasteiger partial charge in [0, 0.05) is 25.7 Å². The zero-order chi connectivity index (χ0) is 67.9. The van der Waals surface area contributed by atoms with Gasteiger partial charge in [-0.15, -0.1) is 0 Å². The second-order valence-electron chi connectivity index (χ2n) is 27.3. The normalized spacial score (nSPS) is 14.1. The van der Waals surface area contributed by atoms with Gasteiger partial charge in [0.15, 0.2) is 12.2 Å². The molecule has 0 saturated carbocycles. The minimum atomic E-state index is -4.95. The summed E-state index contributed by atoms with van der Waals surface area (Å²) in [7, 11) is -9.90. The summed E-state index contributed by atoms with van der Waals surface area (Å²) in [6.07, 6.45) is 51.6. The Morgan fingerprint density at radius 1 is 0.293 bits per heavy atom. The average molecular weight is 1350 g/mol. The molecule has 0 aliphatic carbocycles. The Bertz CT molecular complexity index is 1790. The van der Waals surface area contributed by atoms with E-state index in [1.165, 1.54) is 180 Å². The van der Waals surface area contributed by atoms with E-state index in [4.69, 9.17) is 37.0 Å². The molecule has 0 spiro atoms. The minimum absolute atomic E-state index is 0.105. The van der Waals surface area contributed by atoms with Crippen molar-refractivity contribution in [2.75, 3.05) is 39.6 Å². The van der Waals surface area contributed by atoms with Crippen LogP contribution in [0.15, 0.2) is 0 Å². The van der Waals surface area contributed by atoms with E-state index in [1.54, 1.807) is 0 Å². The third kappa shape index (κ3) is 66.7. The number of esters is 4. The molecule has 5 atom stereocenters. The molecule has 0 heterocycles. The Kier molecular flexibility index (Phi) is 63.7. The van der Waals surface area contributed by atoms with Gasteiger partial charge >= 0.3 is 39.5 Å². The van der Waals surface area contributed by atoms with Crippen LogP contribution in [-0.2, 0) is 65.4 Å². The summed E-state index contributed by atoms with van der Waals surface area (Å²) in [6.45, 7) is 9.56. The number of carbonyl (C=O) groups is 4. The number of carbonyl (C=O) groups excluding carboxylic acids is 4. The molecule has 2 unspecified atom stereocenters. The van der Waals surface area contributed by atoms with Crippen molar-refractivity contribution in [3.63, 3.8) is 0 Å². The summed E-state index contributed by atoms with van der Waals surface area (Å²) < 4.78 is 68.2. The predicted molar refractivity (Wildman–Crippen MR) is 372 cm³/mol. The molecular formula is C73H142O17P2. The molecule has 0 aromatic rings. The van der Waals surface area contributed by atoms with Crippen molar-refractivity contribution in [1.82, 2.24) is 0 Å². The van der Waals surface area contributed by atoms with Crippen LogP contribution < -0.4 is 0 Å². The van der Waals surface area contributed by atoms with Crippen molar-refractivity contribution < 1.29 is 80.2 Å². The molecule has 0 aromatic carbocycles. The fourth-order valence-electron chi connectivity index (χ4n) is 11.1. The van der Waals surface area contributed by atoms with Crippen molar-refractivity contribution in [1.29, 1.82) is 0 Å². The van der Waals surface area contributed by atoms with Crippen LogP contribution in [0.4, 0.5) is 0 Å². The number of phosphoric acid groups is 2. The van der Waals surface area contributed by atoms with Gasteiger partial charge in [-0.2, -0.15) is 0 Å². The minimum Gasteiger partial charge on any atom is -0.462 e. The standard InChI is InChI=1S/C73H142O17P2/c1-7-9-11-13-15-30-39-45-51-57-72(77)89-68(61-83-70(75)55-49-43-35-14-12-10-8-2)63-87-91(79,80)85-59-67(74)60-86-92(81,82)88-64-69(62-84-71(76)56-50-44-38-33-28-25-24-27-32-37-42-48-54-66(5)6)90-73(78)58-52-46-40-34-29-23-21-19-17-16-18-20-22-26-31-36-41-47-53-65(3)4/h65-69,74H,7-64H2,1-6H3,(H,79,80)(H,81,82)/t67-,68+,69+/m0/s1. The lowest BCUT2D eigenvalue weighted by molar-refractivity contribution is -0.161. The van der Waals surface area contributed by atoms with Gasteiger partial charge in [-0.25, -0.2) is 9.13 Å². The maximum Gasteiger partial charge on any atom is 0.472 e. The Morgan fingerprint density at radius 2 is 0.500 bits per heavy atom.